The Bertz CT molecular complexity index is 732. The Morgan fingerprint density at radius 1 is 1.43 bits per heavy atom. The SMILES string of the molecule is COC(=O)Cn1cc(NC(=O)c2ccn(C)c(=O)c2)cn1. The lowest BCUT2D eigenvalue weighted by Gasteiger charge is -2.03. The van der Waals surface area contributed by atoms with Crippen LogP contribution in [0.5, 0.6) is 0 Å². The third kappa shape index (κ3) is 3.56. The van der Waals surface area contributed by atoms with Crippen molar-refractivity contribution in [2.75, 3.05) is 12.4 Å². The highest BCUT2D eigenvalue weighted by atomic mass is 16.5. The second kappa shape index (κ2) is 6.04. The van der Waals surface area contributed by atoms with E-state index < -0.39 is 11.9 Å². The first-order valence-electron chi connectivity index (χ1n) is 6.07. The Kier molecular flexibility index (Phi) is 4.17. The summed E-state index contributed by atoms with van der Waals surface area (Å²) in [6, 6.07) is 2.78. The fourth-order valence-corrected chi connectivity index (χ4v) is 1.60. The summed E-state index contributed by atoms with van der Waals surface area (Å²) in [5.74, 6) is -0.868. The number of anilines is 1. The highest BCUT2D eigenvalue weighted by Crippen LogP contribution is 2.07. The third-order valence-corrected chi connectivity index (χ3v) is 2.78. The Morgan fingerprint density at radius 2 is 2.19 bits per heavy atom. The maximum Gasteiger partial charge on any atom is 0.327 e. The van der Waals surface area contributed by atoms with E-state index in [0.29, 0.717) is 5.69 Å². The van der Waals surface area contributed by atoms with Gasteiger partial charge in [0.25, 0.3) is 11.5 Å². The van der Waals surface area contributed by atoms with Crippen LogP contribution in [0.2, 0.25) is 0 Å². The number of nitrogens with zero attached hydrogens (tertiary/aromatic N) is 3. The molecule has 0 aliphatic heterocycles. The van der Waals surface area contributed by atoms with Crippen molar-refractivity contribution in [2.45, 2.75) is 6.54 Å². The molecule has 0 saturated heterocycles. The maximum atomic E-state index is 12.0. The second-order valence-corrected chi connectivity index (χ2v) is 4.32. The molecule has 8 nitrogen and oxygen atoms in total. The summed E-state index contributed by atoms with van der Waals surface area (Å²) in [6.07, 6.45) is 4.41. The molecule has 0 bridgehead atoms. The zero-order valence-corrected chi connectivity index (χ0v) is 11.6. The summed E-state index contributed by atoms with van der Waals surface area (Å²) in [7, 11) is 2.88. The van der Waals surface area contributed by atoms with Gasteiger partial charge >= 0.3 is 5.97 Å². The van der Waals surface area contributed by atoms with Crippen molar-refractivity contribution in [3.63, 3.8) is 0 Å². The molecule has 0 aliphatic rings. The molecule has 21 heavy (non-hydrogen) atoms. The van der Waals surface area contributed by atoms with Gasteiger partial charge in [-0.25, -0.2) is 0 Å². The lowest BCUT2D eigenvalue weighted by atomic mass is 10.2. The van der Waals surface area contributed by atoms with E-state index in [1.54, 1.807) is 7.05 Å². The van der Waals surface area contributed by atoms with Crippen molar-refractivity contribution in [1.82, 2.24) is 14.3 Å². The zero-order valence-electron chi connectivity index (χ0n) is 11.6. The number of esters is 1. The van der Waals surface area contributed by atoms with Gasteiger partial charge in [0.2, 0.25) is 0 Å². The molecular weight excluding hydrogens is 276 g/mol. The number of ether oxygens (including phenoxy) is 1. The first-order chi connectivity index (χ1) is 9.99. The van der Waals surface area contributed by atoms with Gasteiger partial charge in [0.05, 0.1) is 19.0 Å². The number of hydrogen-bond acceptors (Lipinski definition) is 5. The summed E-state index contributed by atoms with van der Waals surface area (Å²) in [6.45, 7) is -0.0434. The van der Waals surface area contributed by atoms with Gasteiger partial charge in [0.1, 0.15) is 6.54 Å². The van der Waals surface area contributed by atoms with Gasteiger partial charge in [-0.3, -0.25) is 19.1 Å². The minimum absolute atomic E-state index is 0.0434. The number of carbonyl (C=O) groups is 2. The number of aryl methyl sites for hydroxylation is 1. The van der Waals surface area contributed by atoms with Crippen LogP contribution < -0.4 is 10.9 Å². The van der Waals surface area contributed by atoms with Crippen molar-refractivity contribution in [1.29, 1.82) is 0 Å². The third-order valence-electron chi connectivity index (χ3n) is 2.78. The molecule has 0 atom stereocenters. The average molecular weight is 290 g/mol. The van der Waals surface area contributed by atoms with Crippen LogP contribution >= 0.6 is 0 Å². The van der Waals surface area contributed by atoms with E-state index in [1.807, 2.05) is 0 Å². The largest absolute Gasteiger partial charge is 0.468 e. The maximum absolute atomic E-state index is 12.0. The van der Waals surface area contributed by atoms with Crippen LogP contribution in [0.4, 0.5) is 5.69 Å². The Morgan fingerprint density at radius 3 is 2.86 bits per heavy atom. The van der Waals surface area contributed by atoms with Crippen molar-refractivity contribution in [3.8, 4) is 0 Å². The van der Waals surface area contributed by atoms with Gasteiger partial charge in [0, 0.05) is 31.1 Å². The number of hydrogen-bond donors (Lipinski definition) is 1. The van der Waals surface area contributed by atoms with Crippen LogP contribution in [-0.2, 0) is 23.1 Å². The molecule has 1 amide bonds. The molecule has 2 rings (SSSR count). The molecule has 0 saturated carbocycles. The second-order valence-electron chi connectivity index (χ2n) is 4.32. The van der Waals surface area contributed by atoms with Crippen LogP contribution in [0.3, 0.4) is 0 Å². The molecule has 0 radical (unpaired) electrons. The number of pyridine rings is 1. The Labute approximate surface area is 119 Å². The predicted molar refractivity (Wildman–Crippen MR) is 73.9 cm³/mol. The molecule has 0 fully saturated rings. The fourth-order valence-electron chi connectivity index (χ4n) is 1.60. The first kappa shape index (κ1) is 14.5. The van der Waals surface area contributed by atoms with E-state index in [4.69, 9.17) is 0 Å². The summed E-state index contributed by atoms with van der Waals surface area (Å²) in [5.41, 5.74) is 0.396. The van der Waals surface area contributed by atoms with Crippen LogP contribution in [0.15, 0.2) is 35.5 Å². The standard InChI is InChI=1S/C13H14N4O4/c1-16-4-3-9(5-11(16)18)13(20)15-10-6-14-17(7-10)8-12(19)21-2/h3-7H,8H2,1-2H3,(H,15,20). The van der Waals surface area contributed by atoms with E-state index in [9.17, 15) is 14.4 Å². The predicted octanol–water partition coefficient (Wildman–Crippen LogP) is 0.00710. The number of rotatable bonds is 4. The van der Waals surface area contributed by atoms with Gasteiger partial charge in [-0.2, -0.15) is 5.10 Å². The molecule has 0 spiro atoms. The lowest BCUT2D eigenvalue weighted by molar-refractivity contribution is -0.141. The van der Waals surface area contributed by atoms with Gasteiger partial charge < -0.3 is 14.6 Å². The quantitative estimate of drug-likeness (QED) is 0.800. The van der Waals surface area contributed by atoms with Crippen LogP contribution in [0, 0.1) is 0 Å². The van der Waals surface area contributed by atoms with Gasteiger partial charge in [-0.15, -0.1) is 0 Å². The molecule has 1 N–H and O–H groups in total. The number of nitrogens with one attached hydrogen (secondary N) is 1. The highest BCUT2D eigenvalue weighted by molar-refractivity contribution is 6.04. The number of carbonyl (C=O) groups excluding carboxylic acids is 2. The van der Waals surface area contributed by atoms with Crippen LogP contribution in [-0.4, -0.2) is 33.3 Å². The van der Waals surface area contributed by atoms with Crippen LogP contribution in [0.25, 0.3) is 0 Å². The Hall–Kier alpha value is -2.90. The minimum atomic E-state index is -0.442. The van der Waals surface area contributed by atoms with Crippen molar-refractivity contribution >= 4 is 17.6 Å². The van der Waals surface area contributed by atoms with E-state index in [2.05, 4.69) is 15.2 Å². The van der Waals surface area contributed by atoms with E-state index in [1.165, 1.54) is 47.1 Å². The van der Waals surface area contributed by atoms with E-state index in [-0.39, 0.29) is 17.7 Å². The summed E-state index contributed by atoms with van der Waals surface area (Å²) in [5, 5.41) is 6.51. The average Bonchev–Trinajstić information content (AvgIpc) is 2.88. The summed E-state index contributed by atoms with van der Waals surface area (Å²) >= 11 is 0. The molecule has 0 aromatic carbocycles. The normalized spacial score (nSPS) is 10.2. The smallest absolute Gasteiger partial charge is 0.327 e. The fraction of sp³-hybridized carbons (Fsp3) is 0.231. The topological polar surface area (TPSA) is 95.2 Å². The molecule has 0 unspecified atom stereocenters. The van der Waals surface area contributed by atoms with E-state index >= 15 is 0 Å². The summed E-state index contributed by atoms with van der Waals surface area (Å²) < 4.78 is 7.22. The van der Waals surface area contributed by atoms with Crippen molar-refractivity contribution < 1.29 is 14.3 Å². The van der Waals surface area contributed by atoms with Crippen molar-refractivity contribution in [2.24, 2.45) is 7.05 Å². The van der Waals surface area contributed by atoms with Crippen molar-refractivity contribution in [3.05, 3.63) is 46.6 Å². The molecule has 2 heterocycles. The van der Waals surface area contributed by atoms with Gasteiger partial charge in [-0.05, 0) is 6.07 Å². The van der Waals surface area contributed by atoms with Crippen LogP contribution in [0.1, 0.15) is 10.4 Å². The van der Waals surface area contributed by atoms with Gasteiger partial charge in [0.15, 0.2) is 0 Å². The zero-order chi connectivity index (χ0) is 15.4. The molecule has 110 valence electrons. The Balaban J connectivity index is 2.07. The van der Waals surface area contributed by atoms with Gasteiger partial charge in [-0.1, -0.05) is 0 Å². The number of amides is 1. The molecule has 2 aromatic heterocycles. The minimum Gasteiger partial charge on any atom is -0.468 e. The molecule has 2 aromatic rings. The van der Waals surface area contributed by atoms with E-state index in [0.717, 1.165) is 0 Å². The molecule has 8 heteroatoms. The lowest BCUT2D eigenvalue weighted by Crippen LogP contribution is -2.19. The molecule has 0 aliphatic carbocycles. The molecular formula is C13H14N4O4. The summed E-state index contributed by atoms with van der Waals surface area (Å²) in [4.78, 5) is 34.5. The number of aromatic nitrogens is 3. The number of methoxy groups -OCH3 is 1. The first-order valence-corrected chi connectivity index (χ1v) is 6.07. The monoisotopic (exact) mass is 290 g/mol. The highest BCUT2D eigenvalue weighted by Gasteiger charge is 2.10.